The zero-order valence-electron chi connectivity index (χ0n) is 14.1. The van der Waals surface area contributed by atoms with Gasteiger partial charge in [0, 0.05) is 15.6 Å². The van der Waals surface area contributed by atoms with E-state index in [1.54, 1.807) is 42.5 Å². The van der Waals surface area contributed by atoms with Gasteiger partial charge in [-0.25, -0.2) is 0 Å². The number of fused-ring (bicyclic) bond motifs is 2. The maximum atomic E-state index is 13.2. The fourth-order valence-electron chi connectivity index (χ4n) is 3.19. The van der Waals surface area contributed by atoms with E-state index in [0.29, 0.717) is 10.0 Å². The van der Waals surface area contributed by atoms with Crippen LogP contribution in [-0.2, 0) is 0 Å². The highest BCUT2D eigenvalue weighted by Gasteiger charge is 2.36. The summed E-state index contributed by atoms with van der Waals surface area (Å²) in [4.78, 5) is 38.8. The molecule has 2 N–H and O–H groups in total. The molecule has 0 atom stereocenters. The Balaban J connectivity index is 1.86. The summed E-state index contributed by atoms with van der Waals surface area (Å²) in [5.41, 5.74) is 0.870. The summed E-state index contributed by atoms with van der Waals surface area (Å²) in [7, 11) is 0. The average Bonchev–Trinajstić information content (AvgIpc) is 2.69. The van der Waals surface area contributed by atoms with Crippen LogP contribution in [0.2, 0.25) is 0 Å². The number of phenolic OH excluding ortho intramolecular Hbond substituents is 1. The van der Waals surface area contributed by atoms with Crippen LogP contribution in [0.5, 0.6) is 5.75 Å². The van der Waals surface area contributed by atoms with Crippen molar-refractivity contribution in [2.45, 2.75) is 0 Å². The van der Waals surface area contributed by atoms with Crippen molar-refractivity contribution in [2.24, 2.45) is 0 Å². The van der Waals surface area contributed by atoms with Gasteiger partial charge in [0.2, 0.25) is 0 Å². The SMILES string of the molecule is O=C(Nc1cccc2c1C(=O)c1c(O)c(Br)cc(Br)c1C2=O)c1ccccc1. The number of phenols is 1. The Bertz CT molecular complexity index is 1170. The number of hydrogen-bond donors (Lipinski definition) is 2. The topological polar surface area (TPSA) is 83.5 Å². The Labute approximate surface area is 176 Å². The molecule has 3 aromatic rings. The van der Waals surface area contributed by atoms with Gasteiger partial charge in [-0.15, -0.1) is 0 Å². The normalized spacial score (nSPS) is 12.4. The summed E-state index contributed by atoms with van der Waals surface area (Å²) in [6, 6.07) is 14.7. The number of halogens is 2. The van der Waals surface area contributed by atoms with Crippen LogP contribution in [0.3, 0.4) is 0 Å². The molecule has 5 nitrogen and oxygen atoms in total. The molecule has 0 bridgehead atoms. The lowest BCUT2D eigenvalue weighted by Crippen LogP contribution is -2.24. The molecule has 0 unspecified atom stereocenters. The number of amides is 1. The van der Waals surface area contributed by atoms with Crippen LogP contribution >= 0.6 is 31.9 Å². The number of carbonyl (C=O) groups excluding carboxylic acids is 3. The predicted molar refractivity (Wildman–Crippen MR) is 111 cm³/mol. The first-order chi connectivity index (χ1) is 13.4. The van der Waals surface area contributed by atoms with Gasteiger partial charge in [-0.2, -0.15) is 0 Å². The summed E-state index contributed by atoms with van der Waals surface area (Å²) in [6.45, 7) is 0. The van der Waals surface area contributed by atoms with Crippen LogP contribution in [0.25, 0.3) is 0 Å². The highest BCUT2D eigenvalue weighted by Crippen LogP contribution is 2.42. The third-order valence-electron chi connectivity index (χ3n) is 4.48. The summed E-state index contributed by atoms with van der Waals surface area (Å²) in [5, 5.41) is 13.1. The predicted octanol–water partition coefficient (Wildman–Crippen LogP) is 4.94. The molecule has 0 radical (unpaired) electrons. The maximum absolute atomic E-state index is 13.2. The minimum absolute atomic E-state index is 0.0598. The zero-order chi connectivity index (χ0) is 20.0. The largest absolute Gasteiger partial charge is 0.506 e. The Kier molecular flexibility index (Phi) is 4.64. The lowest BCUT2D eigenvalue weighted by Gasteiger charge is -2.22. The Morgan fingerprint density at radius 1 is 0.821 bits per heavy atom. The third-order valence-corrected chi connectivity index (χ3v) is 5.71. The van der Waals surface area contributed by atoms with Gasteiger partial charge in [-0.05, 0) is 56.1 Å². The number of rotatable bonds is 2. The van der Waals surface area contributed by atoms with Crippen LogP contribution in [0.15, 0.2) is 63.5 Å². The van der Waals surface area contributed by atoms with E-state index >= 15 is 0 Å². The zero-order valence-corrected chi connectivity index (χ0v) is 17.3. The minimum Gasteiger partial charge on any atom is -0.506 e. The molecule has 0 fully saturated rings. The van der Waals surface area contributed by atoms with Crippen LogP contribution in [0.1, 0.15) is 42.2 Å². The quantitative estimate of drug-likeness (QED) is 0.408. The maximum Gasteiger partial charge on any atom is 0.255 e. The second kappa shape index (κ2) is 7.00. The van der Waals surface area contributed by atoms with Gasteiger partial charge >= 0.3 is 0 Å². The van der Waals surface area contributed by atoms with E-state index in [4.69, 9.17) is 0 Å². The van der Waals surface area contributed by atoms with E-state index in [1.807, 2.05) is 0 Å². The van der Waals surface area contributed by atoms with Gasteiger partial charge in [0.15, 0.2) is 11.6 Å². The molecule has 0 spiro atoms. The molecular formula is C21H11Br2NO4. The van der Waals surface area contributed by atoms with Crippen LogP contribution < -0.4 is 5.32 Å². The Morgan fingerprint density at radius 2 is 1.54 bits per heavy atom. The van der Waals surface area contributed by atoms with E-state index in [0.717, 1.165) is 0 Å². The molecule has 0 heterocycles. The fraction of sp³-hybridized carbons (Fsp3) is 0. The molecule has 0 saturated heterocycles. The summed E-state index contributed by atoms with van der Waals surface area (Å²) in [6.07, 6.45) is 0. The minimum atomic E-state index is -0.534. The van der Waals surface area contributed by atoms with E-state index in [-0.39, 0.29) is 38.2 Å². The van der Waals surface area contributed by atoms with Gasteiger partial charge < -0.3 is 10.4 Å². The lowest BCUT2D eigenvalue weighted by atomic mass is 9.82. The standard InChI is InChI=1S/C21H11Br2NO4/c22-12-9-13(23)19(26)17-16(12)18(25)11-7-4-8-14(15(11)20(17)27)24-21(28)10-5-2-1-3-6-10/h1-9,26H,(H,24,28). The second-order valence-corrected chi connectivity index (χ2v) is 7.85. The van der Waals surface area contributed by atoms with Crippen LogP contribution in [0.4, 0.5) is 5.69 Å². The molecule has 1 aliphatic rings. The van der Waals surface area contributed by atoms with Gasteiger partial charge in [0.05, 0.1) is 26.9 Å². The van der Waals surface area contributed by atoms with Crippen molar-refractivity contribution in [3.05, 3.63) is 91.4 Å². The number of ketones is 2. The van der Waals surface area contributed by atoms with Crippen molar-refractivity contribution in [3.8, 4) is 5.75 Å². The molecule has 4 rings (SSSR count). The first-order valence-corrected chi connectivity index (χ1v) is 9.78. The molecule has 7 heteroatoms. The molecule has 1 amide bonds. The van der Waals surface area contributed by atoms with Crippen molar-refractivity contribution < 1.29 is 19.5 Å². The van der Waals surface area contributed by atoms with Gasteiger partial charge in [0.25, 0.3) is 5.91 Å². The molecule has 3 aromatic carbocycles. The van der Waals surface area contributed by atoms with Crippen LogP contribution in [-0.4, -0.2) is 22.6 Å². The van der Waals surface area contributed by atoms with Crippen molar-refractivity contribution in [1.82, 2.24) is 0 Å². The Hall–Kier alpha value is -2.77. The molecule has 0 aromatic heterocycles. The smallest absolute Gasteiger partial charge is 0.255 e. The number of benzene rings is 3. The molecule has 0 aliphatic heterocycles. The first kappa shape index (κ1) is 18.6. The van der Waals surface area contributed by atoms with Crippen molar-refractivity contribution in [2.75, 3.05) is 5.32 Å². The number of aromatic hydroxyl groups is 1. The van der Waals surface area contributed by atoms with Crippen molar-refractivity contribution in [3.63, 3.8) is 0 Å². The van der Waals surface area contributed by atoms with Gasteiger partial charge in [-0.3, -0.25) is 14.4 Å². The monoisotopic (exact) mass is 499 g/mol. The number of anilines is 1. The summed E-state index contributed by atoms with van der Waals surface area (Å²) < 4.78 is 0.684. The van der Waals surface area contributed by atoms with E-state index in [9.17, 15) is 19.5 Å². The van der Waals surface area contributed by atoms with E-state index < -0.39 is 17.5 Å². The first-order valence-electron chi connectivity index (χ1n) is 8.20. The highest BCUT2D eigenvalue weighted by atomic mass is 79.9. The van der Waals surface area contributed by atoms with Crippen LogP contribution in [0, 0.1) is 0 Å². The molecular weight excluding hydrogens is 490 g/mol. The van der Waals surface area contributed by atoms with Crippen molar-refractivity contribution >= 4 is 55.0 Å². The van der Waals surface area contributed by atoms with Gasteiger partial charge in [-0.1, -0.05) is 30.3 Å². The van der Waals surface area contributed by atoms with E-state index in [1.165, 1.54) is 12.1 Å². The second-order valence-electron chi connectivity index (χ2n) is 6.15. The van der Waals surface area contributed by atoms with Crippen molar-refractivity contribution in [1.29, 1.82) is 0 Å². The summed E-state index contributed by atoms with van der Waals surface area (Å²) in [5.74, 6) is -1.66. The molecule has 28 heavy (non-hydrogen) atoms. The molecule has 138 valence electrons. The number of nitrogens with one attached hydrogen (secondary N) is 1. The third kappa shape index (κ3) is 2.87. The lowest BCUT2D eigenvalue weighted by molar-refractivity contribution is 0.0975. The van der Waals surface area contributed by atoms with E-state index in [2.05, 4.69) is 37.2 Å². The fourth-order valence-corrected chi connectivity index (χ4v) is 4.53. The molecule has 0 saturated carbocycles. The number of carbonyl (C=O) groups is 3. The Morgan fingerprint density at radius 3 is 2.25 bits per heavy atom. The highest BCUT2D eigenvalue weighted by molar-refractivity contribution is 9.11. The summed E-state index contributed by atoms with van der Waals surface area (Å²) >= 11 is 6.48. The number of hydrogen-bond acceptors (Lipinski definition) is 4. The van der Waals surface area contributed by atoms with Gasteiger partial charge in [0.1, 0.15) is 5.75 Å². The molecule has 1 aliphatic carbocycles. The average molecular weight is 501 g/mol.